The summed E-state index contributed by atoms with van der Waals surface area (Å²) in [5.74, 6) is -0.480. The van der Waals surface area contributed by atoms with Gasteiger partial charge in [-0.25, -0.2) is 5.43 Å². The Balaban J connectivity index is 1.86. The molecule has 5 nitrogen and oxygen atoms in total. The third-order valence-electron chi connectivity index (χ3n) is 5.09. The summed E-state index contributed by atoms with van der Waals surface area (Å²) in [5, 5.41) is 4.47. The largest absolute Gasteiger partial charge is 0.347 e. The summed E-state index contributed by atoms with van der Waals surface area (Å²) in [6, 6.07) is 0. The molecule has 5 heteroatoms. The van der Waals surface area contributed by atoms with Crippen molar-refractivity contribution in [3.63, 3.8) is 0 Å². The maximum absolute atomic E-state index is 12.2. The predicted molar refractivity (Wildman–Crippen MR) is 95.8 cm³/mol. The molecule has 24 heavy (non-hydrogen) atoms. The number of amides is 1. The molecule has 1 aliphatic heterocycles. The van der Waals surface area contributed by atoms with Crippen molar-refractivity contribution in [2.75, 3.05) is 13.2 Å². The molecule has 1 heterocycles. The SMILES string of the molecule is C[C@H]1CCCCCCCCCC/C1=N\NC(=O)CC1(C)OCCO1. The molecule has 1 atom stereocenters. The van der Waals surface area contributed by atoms with Gasteiger partial charge in [-0.2, -0.15) is 5.10 Å². The summed E-state index contributed by atoms with van der Waals surface area (Å²) < 4.78 is 11.0. The molecule has 0 aromatic rings. The Labute approximate surface area is 146 Å². The Bertz CT molecular complexity index is 417. The highest BCUT2D eigenvalue weighted by Crippen LogP contribution is 2.22. The summed E-state index contributed by atoms with van der Waals surface area (Å²) in [4.78, 5) is 12.2. The predicted octanol–water partition coefficient (Wildman–Crippen LogP) is 4.16. The first-order valence-corrected chi connectivity index (χ1v) is 9.72. The molecule has 2 fully saturated rings. The highest BCUT2D eigenvalue weighted by Gasteiger charge is 2.33. The van der Waals surface area contributed by atoms with Crippen LogP contribution in [0, 0.1) is 5.92 Å². The van der Waals surface area contributed by atoms with Gasteiger partial charge in [0.25, 0.3) is 0 Å². The second-order valence-electron chi connectivity index (χ2n) is 7.41. The monoisotopic (exact) mass is 338 g/mol. The normalized spacial score (nSPS) is 28.1. The zero-order valence-electron chi connectivity index (χ0n) is 15.4. The van der Waals surface area contributed by atoms with E-state index in [9.17, 15) is 4.79 Å². The zero-order chi connectivity index (χ0) is 17.3. The lowest BCUT2D eigenvalue weighted by atomic mass is 9.92. The highest BCUT2D eigenvalue weighted by atomic mass is 16.7. The molecule has 138 valence electrons. The summed E-state index contributed by atoms with van der Waals surface area (Å²) in [6.45, 7) is 5.15. The number of hydrazone groups is 1. The van der Waals surface area contributed by atoms with Crippen molar-refractivity contribution >= 4 is 11.6 Å². The first-order chi connectivity index (χ1) is 11.6. The fourth-order valence-electron chi connectivity index (χ4n) is 3.52. The molecule has 0 unspecified atom stereocenters. The van der Waals surface area contributed by atoms with Gasteiger partial charge in [-0.1, -0.05) is 51.9 Å². The first kappa shape index (κ1) is 19.4. The van der Waals surface area contributed by atoms with Crippen LogP contribution in [0.1, 0.15) is 84.5 Å². The molecule has 0 aromatic carbocycles. The van der Waals surface area contributed by atoms with Gasteiger partial charge in [-0.05, 0) is 32.1 Å². The van der Waals surface area contributed by atoms with E-state index in [-0.39, 0.29) is 12.3 Å². The number of carbonyl (C=O) groups is 1. The number of hydrogen-bond donors (Lipinski definition) is 1. The van der Waals surface area contributed by atoms with Gasteiger partial charge < -0.3 is 9.47 Å². The Morgan fingerprint density at radius 3 is 2.33 bits per heavy atom. The smallest absolute Gasteiger partial charge is 0.245 e. The number of hydrogen-bond acceptors (Lipinski definition) is 4. The minimum Gasteiger partial charge on any atom is -0.347 e. The Morgan fingerprint density at radius 2 is 1.67 bits per heavy atom. The first-order valence-electron chi connectivity index (χ1n) is 9.72. The summed E-state index contributed by atoms with van der Waals surface area (Å²) in [6.07, 6.45) is 12.8. The lowest BCUT2D eigenvalue weighted by Gasteiger charge is -2.21. The van der Waals surface area contributed by atoms with E-state index in [2.05, 4.69) is 17.5 Å². The molecule has 1 aliphatic carbocycles. The summed E-state index contributed by atoms with van der Waals surface area (Å²) in [5.41, 5.74) is 3.88. The number of nitrogens with one attached hydrogen (secondary N) is 1. The molecule has 0 aromatic heterocycles. The molecular formula is C19H34N2O3. The van der Waals surface area contributed by atoms with E-state index in [1.54, 1.807) is 0 Å². The van der Waals surface area contributed by atoms with Crippen LogP contribution >= 0.6 is 0 Å². The van der Waals surface area contributed by atoms with Gasteiger partial charge in [-0.15, -0.1) is 0 Å². The molecular weight excluding hydrogens is 304 g/mol. The van der Waals surface area contributed by atoms with Crippen LogP contribution in [0.3, 0.4) is 0 Å². The van der Waals surface area contributed by atoms with Crippen LogP contribution < -0.4 is 5.43 Å². The number of ether oxygens (including phenoxy) is 2. The van der Waals surface area contributed by atoms with Crippen LogP contribution in [-0.2, 0) is 14.3 Å². The molecule has 0 spiro atoms. The van der Waals surface area contributed by atoms with Crippen molar-refractivity contribution in [3.05, 3.63) is 0 Å². The van der Waals surface area contributed by atoms with E-state index >= 15 is 0 Å². The minimum atomic E-state index is -0.789. The van der Waals surface area contributed by atoms with Gasteiger partial charge in [0.2, 0.25) is 5.91 Å². The van der Waals surface area contributed by atoms with Crippen molar-refractivity contribution in [2.45, 2.75) is 90.3 Å². The maximum atomic E-state index is 12.2. The molecule has 1 N–H and O–H groups in total. The lowest BCUT2D eigenvalue weighted by Crippen LogP contribution is -2.34. The molecule has 1 saturated carbocycles. The number of nitrogens with zero attached hydrogens (tertiary/aromatic N) is 1. The van der Waals surface area contributed by atoms with E-state index in [1.165, 1.54) is 57.8 Å². The van der Waals surface area contributed by atoms with Crippen molar-refractivity contribution in [2.24, 2.45) is 11.0 Å². The quantitative estimate of drug-likeness (QED) is 0.786. The van der Waals surface area contributed by atoms with Crippen LogP contribution in [0.25, 0.3) is 0 Å². The lowest BCUT2D eigenvalue weighted by molar-refractivity contribution is -0.159. The number of carbonyl (C=O) groups excluding carboxylic acids is 1. The topological polar surface area (TPSA) is 59.9 Å². The second-order valence-corrected chi connectivity index (χ2v) is 7.41. The van der Waals surface area contributed by atoms with Crippen LogP contribution in [0.15, 0.2) is 5.10 Å². The van der Waals surface area contributed by atoms with Crippen LogP contribution in [-0.4, -0.2) is 30.6 Å². The van der Waals surface area contributed by atoms with E-state index < -0.39 is 5.79 Å². The third kappa shape index (κ3) is 6.89. The Hall–Kier alpha value is -0.940. The maximum Gasteiger partial charge on any atom is 0.245 e. The van der Waals surface area contributed by atoms with E-state index in [0.29, 0.717) is 19.1 Å². The number of rotatable bonds is 3. The molecule has 1 saturated heterocycles. The summed E-state index contributed by atoms with van der Waals surface area (Å²) >= 11 is 0. The van der Waals surface area contributed by atoms with Crippen LogP contribution in [0.2, 0.25) is 0 Å². The van der Waals surface area contributed by atoms with E-state index in [0.717, 1.165) is 12.1 Å². The average Bonchev–Trinajstić information content (AvgIpc) is 2.96. The van der Waals surface area contributed by atoms with Gasteiger partial charge in [0.1, 0.15) is 0 Å². The van der Waals surface area contributed by atoms with Crippen molar-refractivity contribution in [1.82, 2.24) is 5.43 Å². The van der Waals surface area contributed by atoms with Crippen molar-refractivity contribution in [3.8, 4) is 0 Å². The van der Waals surface area contributed by atoms with Gasteiger partial charge in [-0.3, -0.25) is 4.79 Å². The Morgan fingerprint density at radius 1 is 1.08 bits per heavy atom. The molecule has 0 bridgehead atoms. The van der Waals surface area contributed by atoms with Crippen LogP contribution in [0.5, 0.6) is 0 Å². The third-order valence-corrected chi connectivity index (χ3v) is 5.09. The molecule has 2 aliphatic rings. The van der Waals surface area contributed by atoms with E-state index in [1.807, 2.05) is 6.92 Å². The fourth-order valence-corrected chi connectivity index (χ4v) is 3.52. The molecule has 1 amide bonds. The van der Waals surface area contributed by atoms with Gasteiger partial charge >= 0.3 is 0 Å². The second kappa shape index (κ2) is 10.1. The van der Waals surface area contributed by atoms with Gasteiger partial charge in [0, 0.05) is 5.71 Å². The standard InChI is InChI=1S/C19H34N2O3/c1-16-11-9-7-5-3-4-6-8-10-12-17(16)20-21-18(22)15-19(2)23-13-14-24-19/h16H,3-15H2,1-2H3,(H,21,22)/b20-17+/t16-/m0/s1. The fraction of sp³-hybridized carbons (Fsp3) is 0.895. The van der Waals surface area contributed by atoms with Crippen LogP contribution in [0.4, 0.5) is 0 Å². The molecule has 0 radical (unpaired) electrons. The van der Waals surface area contributed by atoms with Crippen molar-refractivity contribution in [1.29, 1.82) is 0 Å². The summed E-state index contributed by atoms with van der Waals surface area (Å²) in [7, 11) is 0. The Kier molecular flexibility index (Phi) is 8.19. The zero-order valence-corrected chi connectivity index (χ0v) is 15.4. The van der Waals surface area contributed by atoms with Gasteiger partial charge in [0.15, 0.2) is 5.79 Å². The molecule has 2 rings (SSSR count). The average molecular weight is 338 g/mol. The van der Waals surface area contributed by atoms with E-state index in [4.69, 9.17) is 9.47 Å². The minimum absolute atomic E-state index is 0.134. The van der Waals surface area contributed by atoms with Gasteiger partial charge in [0.05, 0.1) is 19.6 Å². The van der Waals surface area contributed by atoms with Crippen molar-refractivity contribution < 1.29 is 14.3 Å². The highest BCUT2D eigenvalue weighted by molar-refractivity contribution is 5.88.